The highest BCUT2D eigenvalue weighted by Gasteiger charge is 2.57. The molecule has 3 aromatic rings. The van der Waals surface area contributed by atoms with Crippen molar-refractivity contribution in [1.29, 1.82) is 0 Å². The minimum atomic E-state index is -0.214. The van der Waals surface area contributed by atoms with Gasteiger partial charge in [-0.3, -0.25) is 0 Å². The molecule has 0 saturated heterocycles. The maximum Gasteiger partial charge on any atom is 0.145 e. The molecule has 2 aromatic carbocycles. The number of nitrogens with zero attached hydrogens (tertiary/aromatic N) is 3. The van der Waals surface area contributed by atoms with Gasteiger partial charge in [0.25, 0.3) is 0 Å². The Labute approximate surface area is 193 Å². The summed E-state index contributed by atoms with van der Waals surface area (Å²) in [5.41, 5.74) is 9.34. The summed E-state index contributed by atoms with van der Waals surface area (Å²) in [6.45, 7) is 23.7. The molecule has 0 amide bonds. The van der Waals surface area contributed by atoms with Gasteiger partial charge in [0, 0.05) is 18.3 Å². The lowest BCUT2D eigenvalue weighted by Gasteiger charge is -2.45. The smallest absolute Gasteiger partial charge is 0.145 e. The second-order valence-corrected chi connectivity index (χ2v) is 12.5. The normalized spacial score (nSPS) is 21.6. The first-order valence-electron chi connectivity index (χ1n) is 12.1. The standard InChI is InChI=1S/C29H39N3/c1-17(2)18-13-12-14-22-24(18)25-30-21-15-19-20(27(5,6)28(7,8)26(19,3)4)16-23(21)32(25)29(9,10)31(22)11/h12-17H,1-11H3. The highest BCUT2D eigenvalue weighted by molar-refractivity contribution is 5.90. The number of anilines is 1. The highest BCUT2D eigenvalue weighted by atomic mass is 15.4. The SMILES string of the molecule is CC(C)c1cccc2c1-c1nc3cc4c(cc3n1C(C)(C)N2C)C(C)(C)C(C)(C)C4(C)C. The Balaban J connectivity index is 1.91. The molecular formula is C29H39N3. The van der Waals surface area contributed by atoms with E-state index in [1.54, 1.807) is 0 Å². The van der Waals surface area contributed by atoms with Crippen molar-refractivity contribution < 1.29 is 0 Å². The number of fused-ring (bicyclic) bond motifs is 6. The Kier molecular flexibility index (Phi) is 4.03. The van der Waals surface area contributed by atoms with E-state index in [4.69, 9.17) is 4.98 Å². The molecule has 0 unspecified atom stereocenters. The lowest BCUT2D eigenvalue weighted by molar-refractivity contribution is 0.125. The van der Waals surface area contributed by atoms with Crippen molar-refractivity contribution in [2.75, 3.05) is 11.9 Å². The van der Waals surface area contributed by atoms with Gasteiger partial charge >= 0.3 is 0 Å². The van der Waals surface area contributed by atoms with Gasteiger partial charge in [0.2, 0.25) is 0 Å². The summed E-state index contributed by atoms with van der Waals surface area (Å²) in [4.78, 5) is 7.77. The van der Waals surface area contributed by atoms with E-state index in [9.17, 15) is 0 Å². The molecule has 0 spiro atoms. The predicted molar refractivity (Wildman–Crippen MR) is 137 cm³/mol. The largest absolute Gasteiger partial charge is 0.351 e. The van der Waals surface area contributed by atoms with Gasteiger partial charge in [0.05, 0.1) is 11.0 Å². The zero-order chi connectivity index (χ0) is 23.6. The maximum absolute atomic E-state index is 5.34. The summed E-state index contributed by atoms with van der Waals surface area (Å²) in [6, 6.07) is 11.6. The monoisotopic (exact) mass is 429 g/mol. The molecule has 1 aliphatic heterocycles. The summed E-state index contributed by atoms with van der Waals surface area (Å²) in [7, 11) is 2.22. The van der Waals surface area contributed by atoms with Crippen LogP contribution in [0.4, 0.5) is 5.69 Å². The molecule has 0 fully saturated rings. The Hall–Kier alpha value is -2.29. The quantitative estimate of drug-likeness (QED) is 0.398. The first kappa shape index (κ1) is 21.6. The molecule has 32 heavy (non-hydrogen) atoms. The third kappa shape index (κ3) is 2.25. The number of aromatic nitrogens is 2. The molecule has 0 radical (unpaired) electrons. The van der Waals surface area contributed by atoms with Gasteiger partial charge in [-0.2, -0.15) is 0 Å². The van der Waals surface area contributed by atoms with E-state index in [-0.39, 0.29) is 21.9 Å². The van der Waals surface area contributed by atoms with E-state index < -0.39 is 0 Å². The highest BCUT2D eigenvalue weighted by Crippen LogP contribution is 2.62. The van der Waals surface area contributed by atoms with Crippen LogP contribution in [0.15, 0.2) is 30.3 Å². The van der Waals surface area contributed by atoms with Crippen LogP contribution in [0, 0.1) is 5.41 Å². The summed E-state index contributed by atoms with van der Waals surface area (Å²) in [6.07, 6.45) is 0. The van der Waals surface area contributed by atoms with Crippen LogP contribution in [0.5, 0.6) is 0 Å². The van der Waals surface area contributed by atoms with Crippen LogP contribution in [0.1, 0.15) is 91.8 Å². The summed E-state index contributed by atoms with van der Waals surface area (Å²) >= 11 is 0. The Bertz CT molecular complexity index is 1270. The van der Waals surface area contributed by atoms with Crippen molar-refractivity contribution in [2.45, 2.75) is 91.6 Å². The fourth-order valence-corrected chi connectivity index (χ4v) is 6.34. The fourth-order valence-electron chi connectivity index (χ4n) is 6.34. The zero-order valence-electron chi connectivity index (χ0n) is 21.8. The predicted octanol–water partition coefficient (Wildman–Crippen LogP) is 7.56. The Morgan fingerprint density at radius 1 is 0.844 bits per heavy atom. The van der Waals surface area contributed by atoms with Gasteiger partial charge in [0.15, 0.2) is 0 Å². The molecule has 2 heterocycles. The average molecular weight is 430 g/mol. The minimum absolute atomic E-state index is 0.0798. The van der Waals surface area contributed by atoms with Crippen molar-refractivity contribution in [3.63, 3.8) is 0 Å². The second-order valence-electron chi connectivity index (χ2n) is 12.5. The number of imidazole rings is 1. The molecule has 2 aliphatic rings. The molecule has 0 saturated carbocycles. The van der Waals surface area contributed by atoms with E-state index in [1.165, 1.54) is 33.5 Å². The van der Waals surface area contributed by atoms with E-state index in [0.29, 0.717) is 5.92 Å². The molecule has 170 valence electrons. The van der Waals surface area contributed by atoms with E-state index >= 15 is 0 Å². The topological polar surface area (TPSA) is 21.1 Å². The number of hydrogen-bond acceptors (Lipinski definition) is 2. The second kappa shape index (κ2) is 5.98. The van der Waals surface area contributed by atoms with E-state index in [2.05, 4.69) is 116 Å². The van der Waals surface area contributed by atoms with Crippen LogP contribution in [-0.2, 0) is 16.5 Å². The van der Waals surface area contributed by atoms with Gasteiger partial charge in [-0.05, 0) is 70.9 Å². The summed E-state index contributed by atoms with van der Waals surface area (Å²) in [5.74, 6) is 1.55. The van der Waals surface area contributed by atoms with Crippen LogP contribution in [0.2, 0.25) is 0 Å². The first-order valence-corrected chi connectivity index (χ1v) is 12.1. The minimum Gasteiger partial charge on any atom is -0.351 e. The molecule has 0 bridgehead atoms. The van der Waals surface area contributed by atoms with Gasteiger partial charge in [-0.25, -0.2) is 4.98 Å². The molecular weight excluding hydrogens is 390 g/mol. The van der Waals surface area contributed by atoms with Crippen LogP contribution in [-0.4, -0.2) is 16.6 Å². The summed E-state index contributed by atoms with van der Waals surface area (Å²) in [5, 5.41) is 0. The van der Waals surface area contributed by atoms with Gasteiger partial charge in [0.1, 0.15) is 11.5 Å². The van der Waals surface area contributed by atoms with Crippen LogP contribution in [0.3, 0.4) is 0 Å². The van der Waals surface area contributed by atoms with Gasteiger partial charge in [-0.15, -0.1) is 0 Å². The lowest BCUT2D eigenvalue weighted by atomic mass is 9.59. The van der Waals surface area contributed by atoms with Gasteiger partial charge < -0.3 is 9.47 Å². The van der Waals surface area contributed by atoms with Crippen LogP contribution >= 0.6 is 0 Å². The molecule has 5 rings (SSSR count). The fraction of sp³-hybridized carbons (Fsp3) is 0.552. The zero-order valence-corrected chi connectivity index (χ0v) is 21.8. The number of hydrogen-bond donors (Lipinski definition) is 0. The maximum atomic E-state index is 5.34. The molecule has 3 nitrogen and oxygen atoms in total. The van der Waals surface area contributed by atoms with E-state index in [0.717, 1.165) is 11.3 Å². The summed E-state index contributed by atoms with van der Waals surface area (Å²) < 4.78 is 2.49. The Morgan fingerprint density at radius 2 is 1.44 bits per heavy atom. The van der Waals surface area contributed by atoms with Crippen molar-refractivity contribution in [1.82, 2.24) is 9.55 Å². The van der Waals surface area contributed by atoms with Crippen molar-refractivity contribution in [3.05, 3.63) is 47.0 Å². The van der Waals surface area contributed by atoms with Crippen molar-refractivity contribution in [3.8, 4) is 11.4 Å². The molecule has 1 aliphatic carbocycles. The average Bonchev–Trinajstić information content (AvgIpc) is 3.13. The Morgan fingerprint density at radius 3 is 2.03 bits per heavy atom. The third-order valence-corrected chi connectivity index (χ3v) is 9.92. The molecule has 0 N–H and O–H groups in total. The van der Waals surface area contributed by atoms with Crippen molar-refractivity contribution in [2.24, 2.45) is 5.41 Å². The van der Waals surface area contributed by atoms with E-state index in [1.807, 2.05) is 0 Å². The number of benzene rings is 2. The van der Waals surface area contributed by atoms with Gasteiger partial charge in [-0.1, -0.05) is 67.5 Å². The molecule has 0 atom stereocenters. The molecule has 3 heteroatoms. The molecule has 1 aromatic heterocycles. The first-order chi connectivity index (χ1) is 14.7. The third-order valence-electron chi connectivity index (χ3n) is 9.92. The van der Waals surface area contributed by atoms with Crippen LogP contribution in [0.25, 0.3) is 22.4 Å². The van der Waals surface area contributed by atoms with Crippen LogP contribution < -0.4 is 4.90 Å². The number of rotatable bonds is 1. The lowest BCUT2D eigenvalue weighted by Crippen LogP contribution is -2.47. The van der Waals surface area contributed by atoms with Crippen molar-refractivity contribution >= 4 is 16.7 Å².